The summed E-state index contributed by atoms with van der Waals surface area (Å²) < 4.78 is 11.9. The predicted molar refractivity (Wildman–Crippen MR) is 68.6 cm³/mol. The molecule has 0 bridgehead atoms. The Morgan fingerprint density at radius 3 is 1.89 bits per heavy atom. The fraction of sp³-hybridized carbons (Fsp3) is 0.125. The molecule has 0 aromatic heterocycles. The van der Waals surface area contributed by atoms with Crippen molar-refractivity contribution in [2.24, 2.45) is 0 Å². The number of rotatable bonds is 0. The number of ether oxygens (including phenoxy) is 2. The highest BCUT2D eigenvalue weighted by Crippen LogP contribution is 2.53. The summed E-state index contributed by atoms with van der Waals surface area (Å²) in [4.78, 5) is 0. The average molecular weight is 236 g/mol. The lowest BCUT2D eigenvalue weighted by Crippen LogP contribution is -2.26. The Labute approximate surface area is 105 Å². The van der Waals surface area contributed by atoms with E-state index in [9.17, 15) is 0 Å². The van der Waals surface area contributed by atoms with Gasteiger partial charge < -0.3 is 9.47 Å². The van der Waals surface area contributed by atoms with Crippen molar-refractivity contribution in [2.45, 2.75) is 12.7 Å². The van der Waals surface area contributed by atoms with E-state index < -0.39 is 5.79 Å². The minimum atomic E-state index is -0.767. The summed E-state index contributed by atoms with van der Waals surface area (Å²) in [7, 11) is 0. The number of fused-ring (bicyclic) bond motifs is 5. The highest BCUT2D eigenvalue weighted by atomic mass is 16.7. The first-order chi connectivity index (χ1) is 8.81. The van der Waals surface area contributed by atoms with Crippen LogP contribution in [0.5, 0.6) is 0 Å². The molecule has 2 nitrogen and oxygen atoms in total. The summed E-state index contributed by atoms with van der Waals surface area (Å²) in [6.45, 7) is 1.91. The van der Waals surface area contributed by atoms with E-state index in [2.05, 4.69) is 24.3 Å². The van der Waals surface area contributed by atoms with Gasteiger partial charge in [0.1, 0.15) is 12.0 Å². The van der Waals surface area contributed by atoms with Crippen LogP contribution in [-0.2, 0) is 15.3 Å². The standard InChI is InChI=1S/C16H12O2/c1-11-10-17-16(18-11)14-8-4-2-6-12(14)13-7-3-5-9-15(13)16/h2-10H,1H3. The highest BCUT2D eigenvalue weighted by molar-refractivity contribution is 5.79. The van der Waals surface area contributed by atoms with Gasteiger partial charge in [-0.25, -0.2) is 0 Å². The van der Waals surface area contributed by atoms with Crippen LogP contribution in [0, 0.1) is 0 Å². The Bertz CT molecular complexity index is 625. The van der Waals surface area contributed by atoms with E-state index >= 15 is 0 Å². The van der Waals surface area contributed by atoms with Gasteiger partial charge in [-0.3, -0.25) is 0 Å². The molecule has 0 saturated carbocycles. The first-order valence-corrected chi connectivity index (χ1v) is 6.04. The third kappa shape index (κ3) is 1.03. The topological polar surface area (TPSA) is 18.5 Å². The van der Waals surface area contributed by atoms with Crippen LogP contribution in [0.4, 0.5) is 0 Å². The maximum absolute atomic E-state index is 6.00. The molecule has 0 atom stereocenters. The van der Waals surface area contributed by atoms with Crippen molar-refractivity contribution >= 4 is 0 Å². The van der Waals surface area contributed by atoms with Gasteiger partial charge in [-0.05, 0) is 18.1 Å². The fourth-order valence-electron chi connectivity index (χ4n) is 2.83. The zero-order chi connectivity index (χ0) is 12.2. The van der Waals surface area contributed by atoms with Crippen LogP contribution < -0.4 is 0 Å². The molecular weight excluding hydrogens is 224 g/mol. The Balaban J connectivity index is 2.05. The van der Waals surface area contributed by atoms with Crippen LogP contribution in [0.25, 0.3) is 11.1 Å². The second-order valence-electron chi connectivity index (χ2n) is 4.66. The van der Waals surface area contributed by atoms with Gasteiger partial charge >= 0.3 is 5.79 Å². The van der Waals surface area contributed by atoms with Gasteiger partial charge in [-0.2, -0.15) is 0 Å². The lowest BCUT2D eigenvalue weighted by molar-refractivity contribution is -0.116. The van der Waals surface area contributed by atoms with Gasteiger partial charge in [-0.15, -0.1) is 0 Å². The summed E-state index contributed by atoms with van der Waals surface area (Å²) in [5.41, 5.74) is 4.55. The quantitative estimate of drug-likeness (QED) is 0.693. The summed E-state index contributed by atoms with van der Waals surface area (Å²) in [6.07, 6.45) is 1.69. The van der Waals surface area contributed by atoms with E-state index in [1.54, 1.807) is 6.26 Å². The van der Waals surface area contributed by atoms with Crippen molar-refractivity contribution in [1.82, 2.24) is 0 Å². The second kappa shape index (κ2) is 3.16. The molecule has 88 valence electrons. The molecule has 18 heavy (non-hydrogen) atoms. The monoisotopic (exact) mass is 236 g/mol. The van der Waals surface area contributed by atoms with Crippen LogP contribution >= 0.6 is 0 Å². The molecule has 1 heterocycles. The second-order valence-corrected chi connectivity index (χ2v) is 4.66. The van der Waals surface area contributed by atoms with E-state index in [4.69, 9.17) is 9.47 Å². The molecular formula is C16H12O2. The molecule has 2 heteroatoms. The molecule has 0 fully saturated rings. The molecule has 0 radical (unpaired) electrons. The lowest BCUT2D eigenvalue weighted by Gasteiger charge is -2.25. The molecule has 2 aromatic rings. The molecule has 2 aromatic carbocycles. The lowest BCUT2D eigenvalue weighted by atomic mass is 10.0. The van der Waals surface area contributed by atoms with Crippen LogP contribution in [0.2, 0.25) is 0 Å². The van der Waals surface area contributed by atoms with Crippen LogP contribution in [0.1, 0.15) is 18.1 Å². The van der Waals surface area contributed by atoms with E-state index in [1.807, 2.05) is 31.2 Å². The predicted octanol–water partition coefficient (Wildman–Crippen LogP) is 3.78. The summed E-state index contributed by atoms with van der Waals surface area (Å²) in [5, 5.41) is 0. The molecule has 0 saturated heterocycles. The molecule has 0 N–H and O–H groups in total. The largest absolute Gasteiger partial charge is 0.449 e. The normalized spacial score (nSPS) is 17.7. The van der Waals surface area contributed by atoms with E-state index in [0.29, 0.717) is 0 Å². The molecule has 0 unspecified atom stereocenters. The minimum absolute atomic E-state index is 0.767. The van der Waals surface area contributed by atoms with Gasteiger partial charge in [0.05, 0.1) is 0 Å². The van der Waals surface area contributed by atoms with E-state index in [0.717, 1.165) is 16.9 Å². The molecule has 1 aliphatic heterocycles. The summed E-state index contributed by atoms with van der Waals surface area (Å²) in [5.74, 6) is 0.0404. The van der Waals surface area contributed by atoms with Crippen molar-refractivity contribution in [3.05, 3.63) is 71.7 Å². The Hall–Kier alpha value is -2.22. The molecule has 1 aliphatic carbocycles. The Kier molecular flexibility index (Phi) is 1.72. The summed E-state index contributed by atoms with van der Waals surface area (Å²) in [6, 6.07) is 16.5. The van der Waals surface area contributed by atoms with E-state index in [1.165, 1.54) is 11.1 Å². The third-order valence-electron chi connectivity index (χ3n) is 3.55. The highest BCUT2D eigenvalue weighted by Gasteiger charge is 2.49. The Morgan fingerprint density at radius 1 is 0.833 bits per heavy atom. The maximum Gasteiger partial charge on any atom is 0.305 e. The molecule has 0 amide bonds. The molecule has 2 aliphatic rings. The third-order valence-corrected chi connectivity index (χ3v) is 3.55. The van der Waals surface area contributed by atoms with Gasteiger partial charge in [-0.1, -0.05) is 48.5 Å². The maximum atomic E-state index is 6.00. The minimum Gasteiger partial charge on any atom is -0.449 e. The smallest absolute Gasteiger partial charge is 0.305 e. The van der Waals surface area contributed by atoms with Gasteiger partial charge in [0.25, 0.3) is 0 Å². The van der Waals surface area contributed by atoms with Crippen molar-refractivity contribution in [3.8, 4) is 11.1 Å². The first kappa shape index (κ1) is 9.77. The average Bonchev–Trinajstić information content (AvgIpc) is 2.93. The number of hydrogen-bond donors (Lipinski definition) is 0. The zero-order valence-corrected chi connectivity index (χ0v) is 10.0. The molecule has 1 spiro atoms. The Morgan fingerprint density at radius 2 is 1.39 bits per heavy atom. The fourth-order valence-corrected chi connectivity index (χ4v) is 2.83. The SMILES string of the molecule is CC1=COC2(O1)c1ccccc1-c1ccccc12. The summed E-state index contributed by atoms with van der Waals surface area (Å²) >= 11 is 0. The number of benzene rings is 2. The van der Waals surface area contributed by atoms with Crippen molar-refractivity contribution in [2.75, 3.05) is 0 Å². The van der Waals surface area contributed by atoms with Crippen molar-refractivity contribution < 1.29 is 9.47 Å². The number of hydrogen-bond acceptors (Lipinski definition) is 2. The van der Waals surface area contributed by atoms with Gasteiger partial charge in [0, 0.05) is 11.1 Å². The van der Waals surface area contributed by atoms with Gasteiger partial charge in [0.2, 0.25) is 0 Å². The van der Waals surface area contributed by atoms with Crippen LogP contribution in [-0.4, -0.2) is 0 Å². The van der Waals surface area contributed by atoms with Crippen LogP contribution in [0.3, 0.4) is 0 Å². The van der Waals surface area contributed by atoms with E-state index in [-0.39, 0.29) is 0 Å². The number of allylic oxidation sites excluding steroid dienone is 1. The zero-order valence-electron chi connectivity index (χ0n) is 10.0. The first-order valence-electron chi connectivity index (χ1n) is 6.04. The van der Waals surface area contributed by atoms with Crippen LogP contribution in [0.15, 0.2) is 60.6 Å². The molecule has 4 rings (SSSR count). The van der Waals surface area contributed by atoms with Crippen molar-refractivity contribution in [3.63, 3.8) is 0 Å². The van der Waals surface area contributed by atoms with Crippen molar-refractivity contribution in [1.29, 1.82) is 0 Å². The van der Waals surface area contributed by atoms with Gasteiger partial charge in [0.15, 0.2) is 0 Å².